The second-order valence-electron chi connectivity index (χ2n) is 6.02. The van der Waals surface area contributed by atoms with Crippen LogP contribution in [0.3, 0.4) is 0 Å². The molecule has 9 heteroatoms. The number of amides is 1. The summed E-state index contributed by atoms with van der Waals surface area (Å²) < 4.78 is 56.2. The summed E-state index contributed by atoms with van der Waals surface area (Å²) >= 11 is 0. The molecule has 1 atom stereocenters. The summed E-state index contributed by atoms with van der Waals surface area (Å²) in [6.07, 6.45) is -3.50. The molecule has 2 aromatic rings. The molecule has 25 heavy (non-hydrogen) atoms. The van der Waals surface area contributed by atoms with Crippen LogP contribution >= 0.6 is 0 Å². The van der Waals surface area contributed by atoms with Gasteiger partial charge in [0.1, 0.15) is 5.82 Å². The molecule has 2 N–H and O–H groups in total. The molecule has 1 amide bonds. The van der Waals surface area contributed by atoms with E-state index in [9.17, 15) is 22.4 Å². The Labute approximate surface area is 140 Å². The minimum absolute atomic E-state index is 0.100. The maximum atomic E-state index is 13.6. The summed E-state index contributed by atoms with van der Waals surface area (Å²) in [5.41, 5.74) is 4.65. The van der Waals surface area contributed by atoms with Gasteiger partial charge >= 0.3 is 6.18 Å². The van der Waals surface area contributed by atoms with Crippen LogP contribution in [0.15, 0.2) is 28.8 Å². The number of carbonyl (C=O) groups is 1. The Morgan fingerprint density at radius 1 is 1.36 bits per heavy atom. The predicted molar refractivity (Wildman–Crippen MR) is 80.0 cm³/mol. The topological polar surface area (TPSA) is 72.4 Å². The average molecular weight is 357 g/mol. The number of carbonyl (C=O) groups excluding carboxylic acids is 1. The predicted octanol–water partition coefficient (Wildman–Crippen LogP) is 3.12. The largest absolute Gasteiger partial charge is 0.419 e. The van der Waals surface area contributed by atoms with E-state index in [0.717, 1.165) is 6.07 Å². The molecule has 1 saturated heterocycles. The second-order valence-corrected chi connectivity index (χ2v) is 6.02. The van der Waals surface area contributed by atoms with Crippen molar-refractivity contribution < 1.29 is 26.9 Å². The number of halogens is 4. The standard InChI is InChI=1S/C16H15F4N3O2/c17-13-6-10(1-2-12(13)16(18,19)20)15(24)23-4-3-9(8-23)5-11-7-14(21)25-22-11/h1-2,6-7,9H,3-5,8,21H2. The fourth-order valence-electron chi connectivity index (χ4n) is 2.96. The molecule has 5 nitrogen and oxygen atoms in total. The van der Waals surface area contributed by atoms with Gasteiger partial charge in [-0.1, -0.05) is 5.16 Å². The van der Waals surface area contributed by atoms with E-state index in [4.69, 9.17) is 10.3 Å². The maximum absolute atomic E-state index is 13.6. The first-order valence-corrected chi connectivity index (χ1v) is 7.61. The molecule has 1 aliphatic heterocycles. The fraction of sp³-hybridized carbons (Fsp3) is 0.375. The summed E-state index contributed by atoms with van der Waals surface area (Å²) in [6, 6.07) is 3.83. The van der Waals surface area contributed by atoms with Crippen LogP contribution in [-0.2, 0) is 12.6 Å². The Kier molecular flexibility index (Phi) is 4.40. The number of nitrogens with zero attached hydrogens (tertiary/aromatic N) is 2. The molecule has 2 heterocycles. The SMILES string of the molecule is Nc1cc(CC2CCN(C(=O)c3ccc(C(F)(F)F)c(F)c3)C2)no1. The molecule has 1 fully saturated rings. The van der Waals surface area contributed by atoms with Crippen LogP contribution in [0.4, 0.5) is 23.4 Å². The first-order valence-electron chi connectivity index (χ1n) is 7.61. The van der Waals surface area contributed by atoms with Crippen LogP contribution in [0.2, 0.25) is 0 Å². The summed E-state index contributed by atoms with van der Waals surface area (Å²) in [7, 11) is 0. The van der Waals surface area contributed by atoms with Crippen molar-refractivity contribution >= 4 is 11.8 Å². The van der Waals surface area contributed by atoms with Gasteiger partial charge in [-0.05, 0) is 37.0 Å². The van der Waals surface area contributed by atoms with E-state index in [1.54, 1.807) is 6.07 Å². The minimum Gasteiger partial charge on any atom is -0.368 e. The monoisotopic (exact) mass is 357 g/mol. The fourth-order valence-corrected chi connectivity index (χ4v) is 2.96. The number of alkyl halides is 3. The number of anilines is 1. The molecule has 0 radical (unpaired) electrons. The van der Waals surface area contributed by atoms with Crippen molar-refractivity contribution in [3.05, 3.63) is 46.9 Å². The smallest absolute Gasteiger partial charge is 0.368 e. The lowest BCUT2D eigenvalue weighted by molar-refractivity contribution is -0.140. The highest BCUT2D eigenvalue weighted by Gasteiger charge is 2.35. The number of aromatic nitrogens is 1. The Hall–Kier alpha value is -2.58. The van der Waals surface area contributed by atoms with Gasteiger partial charge in [0.15, 0.2) is 0 Å². The molecule has 1 aliphatic rings. The molecular formula is C16H15F4N3O2. The number of hydrogen-bond acceptors (Lipinski definition) is 4. The highest BCUT2D eigenvalue weighted by molar-refractivity contribution is 5.94. The van der Waals surface area contributed by atoms with Gasteiger partial charge in [-0.3, -0.25) is 4.79 Å². The van der Waals surface area contributed by atoms with Crippen molar-refractivity contribution in [2.45, 2.75) is 19.0 Å². The average Bonchev–Trinajstić information content (AvgIpc) is 3.15. The van der Waals surface area contributed by atoms with E-state index in [1.165, 1.54) is 4.90 Å². The van der Waals surface area contributed by atoms with E-state index >= 15 is 0 Å². The van der Waals surface area contributed by atoms with Gasteiger partial charge in [0.2, 0.25) is 5.88 Å². The number of hydrogen-bond donors (Lipinski definition) is 1. The van der Waals surface area contributed by atoms with Gasteiger partial charge in [0.05, 0.1) is 11.3 Å². The molecule has 0 spiro atoms. The van der Waals surface area contributed by atoms with E-state index in [-0.39, 0.29) is 17.4 Å². The molecule has 0 saturated carbocycles. The van der Waals surface area contributed by atoms with Gasteiger partial charge in [0, 0.05) is 24.7 Å². The van der Waals surface area contributed by atoms with Crippen molar-refractivity contribution in [2.75, 3.05) is 18.8 Å². The van der Waals surface area contributed by atoms with Crippen molar-refractivity contribution in [2.24, 2.45) is 5.92 Å². The minimum atomic E-state index is -4.79. The Balaban J connectivity index is 1.67. The van der Waals surface area contributed by atoms with E-state index < -0.39 is 23.5 Å². The third kappa shape index (κ3) is 3.75. The molecule has 0 bridgehead atoms. The highest BCUT2D eigenvalue weighted by Crippen LogP contribution is 2.32. The third-order valence-corrected chi connectivity index (χ3v) is 4.17. The summed E-state index contributed by atoms with van der Waals surface area (Å²) in [6.45, 7) is 0.855. The van der Waals surface area contributed by atoms with Crippen LogP contribution in [0.1, 0.15) is 28.0 Å². The molecule has 1 aromatic carbocycles. The van der Waals surface area contributed by atoms with Crippen molar-refractivity contribution in [3.63, 3.8) is 0 Å². The Morgan fingerprint density at radius 3 is 2.72 bits per heavy atom. The van der Waals surface area contributed by atoms with Crippen LogP contribution in [0, 0.1) is 11.7 Å². The molecule has 3 rings (SSSR count). The first kappa shape index (κ1) is 17.2. The lowest BCUT2D eigenvalue weighted by Gasteiger charge is -2.17. The quantitative estimate of drug-likeness (QED) is 0.857. The summed E-state index contributed by atoms with van der Waals surface area (Å²) in [5, 5.41) is 3.79. The van der Waals surface area contributed by atoms with Crippen molar-refractivity contribution in [3.8, 4) is 0 Å². The van der Waals surface area contributed by atoms with Crippen molar-refractivity contribution in [1.82, 2.24) is 10.1 Å². The lowest BCUT2D eigenvalue weighted by Crippen LogP contribution is -2.29. The molecule has 0 aliphatic carbocycles. The van der Waals surface area contributed by atoms with Gasteiger partial charge < -0.3 is 15.2 Å². The first-order chi connectivity index (χ1) is 11.7. The van der Waals surface area contributed by atoms with Gasteiger partial charge in [-0.25, -0.2) is 4.39 Å². The van der Waals surface area contributed by atoms with Crippen LogP contribution in [0.5, 0.6) is 0 Å². The molecule has 134 valence electrons. The highest BCUT2D eigenvalue weighted by atomic mass is 19.4. The Morgan fingerprint density at radius 2 is 2.12 bits per heavy atom. The number of nitrogen functional groups attached to an aromatic ring is 1. The summed E-state index contributed by atoms with van der Waals surface area (Å²) in [5.74, 6) is -1.60. The van der Waals surface area contributed by atoms with E-state index in [0.29, 0.717) is 43.8 Å². The molecule has 1 unspecified atom stereocenters. The van der Waals surface area contributed by atoms with E-state index in [2.05, 4.69) is 5.16 Å². The maximum Gasteiger partial charge on any atom is 0.419 e. The van der Waals surface area contributed by atoms with Gasteiger partial charge in [-0.15, -0.1) is 0 Å². The zero-order chi connectivity index (χ0) is 18.2. The van der Waals surface area contributed by atoms with Crippen molar-refractivity contribution in [1.29, 1.82) is 0 Å². The van der Waals surface area contributed by atoms with Crippen LogP contribution in [-0.4, -0.2) is 29.1 Å². The molecular weight excluding hydrogens is 342 g/mol. The number of nitrogens with two attached hydrogens (primary N) is 1. The van der Waals surface area contributed by atoms with Crippen LogP contribution < -0.4 is 5.73 Å². The number of rotatable bonds is 3. The zero-order valence-corrected chi connectivity index (χ0v) is 13.0. The lowest BCUT2D eigenvalue weighted by atomic mass is 10.0. The summed E-state index contributed by atoms with van der Waals surface area (Å²) in [4.78, 5) is 13.9. The normalized spacial score (nSPS) is 17.9. The Bertz CT molecular complexity index is 788. The number of benzene rings is 1. The van der Waals surface area contributed by atoms with E-state index in [1.807, 2.05) is 0 Å². The van der Waals surface area contributed by atoms with Crippen LogP contribution in [0.25, 0.3) is 0 Å². The van der Waals surface area contributed by atoms with Gasteiger partial charge in [-0.2, -0.15) is 13.2 Å². The van der Waals surface area contributed by atoms with Gasteiger partial charge in [0.25, 0.3) is 5.91 Å². The molecule has 1 aromatic heterocycles. The third-order valence-electron chi connectivity index (χ3n) is 4.17. The number of likely N-dealkylation sites (tertiary alicyclic amines) is 1. The zero-order valence-electron chi connectivity index (χ0n) is 13.0. The second kappa shape index (κ2) is 6.38.